The van der Waals surface area contributed by atoms with Crippen LogP contribution in [-0.2, 0) is 4.74 Å². The van der Waals surface area contributed by atoms with Crippen molar-refractivity contribution >= 4 is 0 Å². The Morgan fingerprint density at radius 1 is 1.11 bits per heavy atom. The van der Waals surface area contributed by atoms with Crippen molar-refractivity contribution in [2.45, 2.75) is 31.9 Å². The summed E-state index contributed by atoms with van der Waals surface area (Å²) in [6.07, 6.45) is 1.10. The Morgan fingerprint density at radius 2 is 1.89 bits per heavy atom. The lowest BCUT2D eigenvalue weighted by molar-refractivity contribution is 0.0651. The van der Waals surface area contributed by atoms with Crippen LogP contribution in [0.2, 0.25) is 0 Å². The van der Waals surface area contributed by atoms with Gasteiger partial charge in [-0.1, -0.05) is 6.07 Å². The summed E-state index contributed by atoms with van der Waals surface area (Å²) in [7, 11) is 0. The van der Waals surface area contributed by atoms with Gasteiger partial charge >= 0.3 is 0 Å². The summed E-state index contributed by atoms with van der Waals surface area (Å²) < 4.78 is 17.1. The van der Waals surface area contributed by atoms with Gasteiger partial charge in [0, 0.05) is 18.7 Å². The Kier molecular flexibility index (Phi) is 3.37. The molecule has 0 radical (unpaired) electrons. The van der Waals surface area contributed by atoms with Crippen molar-refractivity contribution in [1.29, 1.82) is 0 Å². The number of hydrogen-bond acceptors (Lipinski definition) is 4. The molecular weight excluding hydrogens is 242 g/mol. The van der Waals surface area contributed by atoms with E-state index in [0.717, 1.165) is 36.6 Å². The highest BCUT2D eigenvalue weighted by Crippen LogP contribution is 2.34. The molecule has 3 rings (SSSR count). The van der Waals surface area contributed by atoms with Gasteiger partial charge in [-0.05, 0) is 38.0 Å². The van der Waals surface area contributed by atoms with Crippen LogP contribution in [0.3, 0.4) is 0 Å². The highest BCUT2D eigenvalue weighted by Gasteiger charge is 2.25. The number of benzene rings is 1. The van der Waals surface area contributed by atoms with Crippen LogP contribution in [0.5, 0.6) is 11.5 Å². The maximum absolute atomic E-state index is 5.96. The fraction of sp³-hybridized carbons (Fsp3) is 0.600. The lowest BCUT2D eigenvalue weighted by atomic mass is 10.0. The van der Waals surface area contributed by atoms with Crippen LogP contribution in [0.1, 0.15) is 31.9 Å². The highest BCUT2D eigenvalue weighted by molar-refractivity contribution is 5.44. The van der Waals surface area contributed by atoms with Gasteiger partial charge in [0.15, 0.2) is 11.5 Å². The molecule has 2 aliphatic heterocycles. The van der Waals surface area contributed by atoms with Crippen LogP contribution < -0.4 is 14.8 Å². The molecule has 0 aliphatic carbocycles. The van der Waals surface area contributed by atoms with Crippen molar-refractivity contribution in [3.05, 3.63) is 23.8 Å². The Hall–Kier alpha value is -1.26. The summed E-state index contributed by atoms with van der Waals surface area (Å²) >= 11 is 0. The average Bonchev–Trinajstić information content (AvgIpc) is 2.59. The Balaban J connectivity index is 1.78. The molecule has 0 amide bonds. The van der Waals surface area contributed by atoms with Crippen molar-refractivity contribution in [3.8, 4) is 11.5 Å². The van der Waals surface area contributed by atoms with Crippen LogP contribution in [0.4, 0.5) is 0 Å². The molecule has 1 saturated heterocycles. The van der Waals surface area contributed by atoms with E-state index < -0.39 is 0 Å². The van der Waals surface area contributed by atoms with Crippen LogP contribution in [0.15, 0.2) is 18.2 Å². The molecule has 1 N–H and O–H groups in total. The number of nitrogens with one attached hydrogen (secondary N) is 1. The van der Waals surface area contributed by atoms with Crippen molar-refractivity contribution < 1.29 is 14.2 Å². The summed E-state index contributed by atoms with van der Waals surface area (Å²) in [4.78, 5) is 0. The van der Waals surface area contributed by atoms with Crippen LogP contribution in [-0.4, -0.2) is 31.9 Å². The van der Waals surface area contributed by atoms with Gasteiger partial charge in [0.25, 0.3) is 0 Å². The molecule has 2 aliphatic rings. The lowest BCUT2D eigenvalue weighted by Crippen LogP contribution is -2.39. The zero-order valence-corrected chi connectivity index (χ0v) is 11.6. The predicted molar refractivity (Wildman–Crippen MR) is 72.8 cm³/mol. The van der Waals surface area contributed by atoms with Gasteiger partial charge < -0.3 is 19.5 Å². The minimum absolute atomic E-state index is 0.0811. The van der Waals surface area contributed by atoms with E-state index in [1.54, 1.807) is 0 Å². The summed E-state index contributed by atoms with van der Waals surface area (Å²) in [5, 5.41) is 3.55. The SMILES string of the molecule is CC1(C)CCOC(c2ccc3c(c2)OCCO3)CN1. The Morgan fingerprint density at radius 3 is 2.74 bits per heavy atom. The van der Waals surface area contributed by atoms with E-state index in [-0.39, 0.29) is 11.6 Å². The number of fused-ring (bicyclic) bond motifs is 1. The largest absolute Gasteiger partial charge is 0.486 e. The molecule has 1 fully saturated rings. The molecule has 0 saturated carbocycles. The van der Waals surface area contributed by atoms with E-state index in [2.05, 4.69) is 25.2 Å². The Labute approximate surface area is 114 Å². The molecule has 19 heavy (non-hydrogen) atoms. The molecule has 1 unspecified atom stereocenters. The number of rotatable bonds is 1. The van der Waals surface area contributed by atoms with E-state index in [1.165, 1.54) is 0 Å². The zero-order chi connectivity index (χ0) is 13.3. The molecule has 0 bridgehead atoms. The monoisotopic (exact) mass is 263 g/mol. The first-order chi connectivity index (χ1) is 9.14. The summed E-state index contributed by atoms with van der Waals surface area (Å²) in [5.41, 5.74) is 1.29. The second-order valence-electron chi connectivity index (χ2n) is 5.78. The van der Waals surface area contributed by atoms with Crippen molar-refractivity contribution in [2.75, 3.05) is 26.4 Å². The van der Waals surface area contributed by atoms with Gasteiger partial charge in [-0.15, -0.1) is 0 Å². The third-order valence-electron chi connectivity index (χ3n) is 3.75. The molecule has 4 heteroatoms. The highest BCUT2D eigenvalue weighted by atomic mass is 16.6. The van der Waals surface area contributed by atoms with E-state index >= 15 is 0 Å². The molecule has 104 valence electrons. The second-order valence-corrected chi connectivity index (χ2v) is 5.78. The predicted octanol–water partition coefficient (Wildman–Crippen LogP) is 2.29. The van der Waals surface area contributed by atoms with Gasteiger partial charge in [0.2, 0.25) is 0 Å². The first-order valence-electron chi connectivity index (χ1n) is 6.90. The minimum atomic E-state index is 0.0811. The minimum Gasteiger partial charge on any atom is -0.486 e. The van der Waals surface area contributed by atoms with Gasteiger partial charge in [-0.3, -0.25) is 0 Å². The van der Waals surface area contributed by atoms with Gasteiger partial charge in [-0.2, -0.15) is 0 Å². The molecule has 0 spiro atoms. The summed E-state index contributed by atoms with van der Waals surface area (Å²) in [5.74, 6) is 1.66. The van der Waals surface area contributed by atoms with Crippen molar-refractivity contribution in [3.63, 3.8) is 0 Å². The van der Waals surface area contributed by atoms with Gasteiger partial charge in [-0.25, -0.2) is 0 Å². The molecular formula is C15H21NO3. The third kappa shape index (κ3) is 2.85. The third-order valence-corrected chi connectivity index (χ3v) is 3.75. The van der Waals surface area contributed by atoms with Crippen molar-refractivity contribution in [2.24, 2.45) is 0 Å². The normalized spacial score (nSPS) is 25.7. The molecule has 4 nitrogen and oxygen atoms in total. The standard InChI is InChI=1S/C15H21NO3/c1-15(2)5-6-17-14(10-16-15)11-3-4-12-13(9-11)19-8-7-18-12/h3-4,9,14,16H,5-8,10H2,1-2H3. The van der Waals surface area contributed by atoms with Gasteiger partial charge in [0.05, 0.1) is 6.10 Å². The molecule has 1 aromatic rings. The quantitative estimate of drug-likeness (QED) is 0.844. The van der Waals surface area contributed by atoms with Gasteiger partial charge in [0.1, 0.15) is 13.2 Å². The van der Waals surface area contributed by atoms with E-state index in [4.69, 9.17) is 14.2 Å². The topological polar surface area (TPSA) is 39.7 Å². The lowest BCUT2D eigenvalue weighted by Gasteiger charge is -2.24. The first kappa shape index (κ1) is 12.8. The summed E-state index contributed by atoms with van der Waals surface area (Å²) in [6.45, 7) is 7.27. The van der Waals surface area contributed by atoms with Crippen LogP contribution >= 0.6 is 0 Å². The molecule has 0 aromatic heterocycles. The van der Waals surface area contributed by atoms with Crippen LogP contribution in [0.25, 0.3) is 0 Å². The van der Waals surface area contributed by atoms with Crippen LogP contribution in [0, 0.1) is 0 Å². The maximum Gasteiger partial charge on any atom is 0.161 e. The summed E-state index contributed by atoms with van der Waals surface area (Å²) in [6, 6.07) is 6.08. The maximum atomic E-state index is 5.96. The van der Waals surface area contributed by atoms with Crippen molar-refractivity contribution in [1.82, 2.24) is 5.32 Å². The van der Waals surface area contributed by atoms with E-state index in [0.29, 0.717) is 13.2 Å². The second kappa shape index (κ2) is 5.02. The van der Waals surface area contributed by atoms with E-state index in [9.17, 15) is 0 Å². The molecule has 1 atom stereocenters. The molecule has 2 heterocycles. The first-order valence-corrected chi connectivity index (χ1v) is 6.90. The molecule has 1 aromatic carbocycles. The number of ether oxygens (including phenoxy) is 3. The average molecular weight is 263 g/mol. The fourth-order valence-corrected chi connectivity index (χ4v) is 2.45. The Bertz CT molecular complexity index is 459. The zero-order valence-electron chi connectivity index (χ0n) is 11.6. The van der Waals surface area contributed by atoms with E-state index in [1.807, 2.05) is 12.1 Å². The number of hydrogen-bond donors (Lipinski definition) is 1. The smallest absolute Gasteiger partial charge is 0.161 e. The fourth-order valence-electron chi connectivity index (χ4n) is 2.45.